The number of nitrogens with one attached hydrogen (secondary N) is 2. The van der Waals surface area contributed by atoms with Gasteiger partial charge in [-0.15, -0.1) is 0 Å². The van der Waals surface area contributed by atoms with E-state index in [-0.39, 0.29) is 18.6 Å². The first kappa shape index (κ1) is 17.4. The molecule has 2 aromatic rings. The van der Waals surface area contributed by atoms with Crippen molar-refractivity contribution >= 4 is 11.7 Å². The van der Waals surface area contributed by atoms with E-state index in [0.717, 1.165) is 11.1 Å². The fourth-order valence-corrected chi connectivity index (χ4v) is 3.00. The van der Waals surface area contributed by atoms with Crippen LogP contribution in [-0.2, 0) is 12.8 Å². The van der Waals surface area contributed by atoms with E-state index in [1.165, 1.54) is 0 Å². The van der Waals surface area contributed by atoms with Gasteiger partial charge in [-0.3, -0.25) is 4.79 Å². The van der Waals surface area contributed by atoms with E-state index in [9.17, 15) is 9.90 Å². The molecule has 0 aliphatic carbocycles. The molecule has 2 heterocycles. The maximum Gasteiger partial charge on any atom is 0.270 e. The third-order valence-electron chi connectivity index (χ3n) is 4.22. The Morgan fingerprint density at radius 3 is 2.68 bits per heavy atom. The van der Waals surface area contributed by atoms with Crippen LogP contribution in [0.25, 0.3) is 0 Å². The third-order valence-corrected chi connectivity index (χ3v) is 4.22. The van der Waals surface area contributed by atoms with E-state index >= 15 is 0 Å². The Bertz CT molecular complexity index is 747. The number of benzene rings is 1. The first-order valence-corrected chi connectivity index (χ1v) is 8.68. The van der Waals surface area contributed by atoms with Gasteiger partial charge in [0.2, 0.25) is 0 Å². The standard InChI is InChI=1S/C19H24N4O2/c1-12(2)10-16-22-17-14(8-9-20-19(17)25)18(23-16)21-15(11-24)13-6-4-3-5-7-13/h3-7,12,15,24H,8-11H2,1-2H3,(H,20,25)(H,21,22,23)/t15-/m0/s1. The van der Waals surface area contributed by atoms with Crippen LogP contribution in [0.2, 0.25) is 0 Å². The second kappa shape index (κ2) is 7.61. The van der Waals surface area contributed by atoms with Crippen LogP contribution >= 0.6 is 0 Å². The number of amides is 1. The molecule has 1 aliphatic heterocycles. The van der Waals surface area contributed by atoms with Gasteiger partial charge in [0.15, 0.2) is 0 Å². The van der Waals surface area contributed by atoms with Crippen molar-refractivity contribution in [3.63, 3.8) is 0 Å². The summed E-state index contributed by atoms with van der Waals surface area (Å²) in [6.45, 7) is 4.70. The Morgan fingerprint density at radius 1 is 1.24 bits per heavy atom. The number of anilines is 1. The Kier molecular flexibility index (Phi) is 5.28. The number of aliphatic hydroxyl groups excluding tert-OH is 1. The van der Waals surface area contributed by atoms with Crippen molar-refractivity contribution in [2.45, 2.75) is 32.7 Å². The molecule has 3 N–H and O–H groups in total. The fourth-order valence-electron chi connectivity index (χ4n) is 3.00. The molecule has 1 atom stereocenters. The van der Waals surface area contributed by atoms with Crippen LogP contribution in [0.3, 0.4) is 0 Å². The van der Waals surface area contributed by atoms with Crippen molar-refractivity contribution in [1.29, 1.82) is 0 Å². The van der Waals surface area contributed by atoms with Crippen molar-refractivity contribution in [1.82, 2.24) is 15.3 Å². The molecule has 25 heavy (non-hydrogen) atoms. The summed E-state index contributed by atoms with van der Waals surface area (Å²) in [5, 5.41) is 16.0. The normalized spacial score (nSPS) is 14.8. The highest BCUT2D eigenvalue weighted by molar-refractivity contribution is 5.96. The van der Waals surface area contributed by atoms with Gasteiger partial charge in [-0.2, -0.15) is 0 Å². The molecule has 0 fully saturated rings. The summed E-state index contributed by atoms with van der Waals surface area (Å²) in [6, 6.07) is 9.46. The minimum Gasteiger partial charge on any atom is -0.394 e. The van der Waals surface area contributed by atoms with Gasteiger partial charge in [-0.25, -0.2) is 9.97 Å². The molecule has 6 nitrogen and oxygen atoms in total. The van der Waals surface area contributed by atoms with Gasteiger partial charge in [-0.1, -0.05) is 44.2 Å². The van der Waals surface area contributed by atoms with Gasteiger partial charge in [0.1, 0.15) is 17.3 Å². The van der Waals surface area contributed by atoms with Gasteiger partial charge in [0, 0.05) is 18.5 Å². The molecule has 3 rings (SSSR count). The summed E-state index contributed by atoms with van der Waals surface area (Å²) in [7, 11) is 0. The van der Waals surface area contributed by atoms with Crippen molar-refractivity contribution in [3.8, 4) is 0 Å². The number of fused-ring (bicyclic) bond motifs is 1. The largest absolute Gasteiger partial charge is 0.394 e. The molecule has 1 aliphatic rings. The van der Waals surface area contributed by atoms with Crippen molar-refractivity contribution < 1.29 is 9.90 Å². The topological polar surface area (TPSA) is 87.1 Å². The molecule has 0 radical (unpaired) electrons. The van der Waals surface area contributed by atoms with Crippen LogP contribution in [-0.4, -0.2) is 34.1 Å². The number of rotatable bonds is 6. The minimum absolute atomic E-state index is 0.0610. The number of carbonyl (C=O) groups excluding carboxylic acids is 1. The summed E-state index contributed by atoms with van der Waals surface area (Å²) in [4.78, 5) is 21.4. The maximum absolute atomic E-state index is 12.2. The van der Waals surface area contributed by atoms with E-state index in [0.29, 0.717) is 42.6 Å². The van der Waals surface area contributed by atoms with Crippen LogP contribution in [0.15, 0.2) is 30.3 Å². The highest BCUT2D eigenvalue weighted by atomic mass is 16.3. The molecule has 0 saturated heterocycles. The minimum atomic E-state index is -0.280. The molecule has 6 heteroatoms. The van der Waals surface area contributed by atoms with E-state index < -0.39 is 0 Å². The van der Waals surface area contributed by atoms with Crippen LogP contribution in [0.5, 0.6) is 0 Å². The van der Waals surface area contributed by atoms with Gasteiger partial charge in [0.25, 0.3) is 5.91 Å². The fraction of sp³-hybridized carbons (Fsp3) is 0.421. The zero-order chi connectivity index (χ0) is 17.8. The monoisotopic (exact) mass is 340 g/mol. The van der Waals surface area contributed by atoms with Gasteiger partial charge >= 0.3 is 0 Å². The first-order valence-electron chi connectivity index (χ1n) is 8.68. The average Bonchev–Trinajstić information content (AvgIpc) is 2.60. The first-order chi connectivity index (χ1) is 12.1. The van der Waals surface area contributed by atoms with Gasteiger partial charge in [-0.05, 0) is 17.9 Å². The Morgan fingerprint density at radius 2 is 2.00 bits per heavy atom. The summed E-state index contributed by atoms with van der Waals surface area (Å²) in [5.74, 6) is 1.54. The van der Waals surface area contributed by atoms with Crippen molar-refractivity contribution in [2.24, 2.45) is 5.92 Å². The molecule has 1 aromatic heterocycles. The molecule has 0 saturated carbocycles. The molecule has 132 valence electrons. The number of hydrogen-bond acceptors (Lipinski definition) is 5. The smallest absolute Gasteiger partial charge is 0.270 e. The molecule has 1 aromatic carbocycles. The molecule has 0 bridgehead atoms. The second-order valence-electron chi connectivity index (χ2n) is 6.71. The lowest BCUT2D eigenvalue weighted by Gasteiger charge is -2.24. The third kappa shape index (κ3) is 3.96. The SMILES string of the molecule is CC(C)Cc1nc(N[C@@H](CO)c2ccccc2)c2c(n1)C(=O)NCC2. The second-order valence-corrected chi connectivity index (χ2v) is 6.71. The summed E-state index contributed by atoms with van der Waals surface area (Å²) in [5.41, 5.74) is 2.25. The summed E-state index contributed by atoms with van der Waals surface area (Å²) in [6.07, 6.45) is 1.38. The number of aromatic nitrogens is 2. The van der Waals surface area contributed by atoms with E-state index in [2.05, 4.69) is 34.4 Å². The van der Waals surface area contributed by atoms with Crippen LogP contribution < -0.4 is 10.6 Å². The molecular weight excluding hydrogens is 316 g/mol. The Balaban J connectivity index is 1.98. The maximum atomic E-state index is 12.2. The molecule has 0 unspecified atom stereocenters. The predicted molar refractivity (Wildman–Crippen MR) is 96.5 cm³/mol. The average molecular weight is 340 g/mol. The van der Waals surface area contributed by atoms with Gasteiger partial charge in [0.05, 0.1) is 12.6 Å². The Labute approximate surface area is 147 Å². The number of hydrogen-bond donors (Lipinski definition) is 3. The summed E-state index contributed by atoms with van der Waals surface area (Å²) >= 11 is 0. The highest BCUT2D eigenvalue weighted by Crippen LogP contribution is 2.25. The zero-order valence-corrected chi connectivity index (χ0v) is 14.6. The number of aliphatic hydroxyl groups is 1. The molecular formula is C19H24N4O2. The van der Waals surface area contributed by atoms with Crippen molar-refractivity contribution in [3.05, 3.63) is 53.0 Å². The van der Waals surface area contributed by atoms with Crippen molar-refractivity contribution in [2.75, 3.05) is 18.5 Å². The molecule has 0 spiro atoms. The lowest BCUT2D eigenvalue weighted by Crippen LogP contribution is -2.34. The van der Waals surface area contributed by atoms with Crippen LogP contribution in [0.1, 0.15) is 47.3 Å². The predicted octanol–water partition coefficient (Wildman–Crippen LogP) is 2.11. The zero-order valence-electron chi connectivity index (χ0n) is 14.6. The Hall–Kier alpha value is -2.47. The van der Waals surface area contributed by atoms with E-state index in [1.807, 2.05) is 30.3 Å². The van der Waals surface area contributed by atoms with Crippen LogP contribution in [0, 0.1) is 5.92 Å². The van der Waals surface area contributed by atoms with Crippen LogP contribution in [0.4, 0.5) is 5.82 Å². The number of carbonyl (C=O) groups is 1. The van der Waals surface area contributed by atoms with E-state index in [1.54, 1.807) is 0 Å². The summed E-state index contributed by atoms with van der Waals surface area (Å²) < 4.78 is 0. The lowest BCUT2D eigenvalue weighted by atomic mass is 10.0. The highest BCUT2D eigenvalue weighted by Gasteiger charge is 2.25. The lowest BCUT2D eigenvalue weighted by molar-refractivity contribution is 0.0940. The molecule has 1 amide bonds. The van der Waals surface area contributed by atoms with Gasteiger partial charge < -0.3 is 15.7 Å². The quantitative estimate of drug-likeness (QED) is 0.750. The number of nitrogens with zero attached hydrogens (tertiary/aromatic N) is 2. The van der Waals surface area contributed by atoms with E-state index in [4.69, 9.17) is 0 Å².